The van der Waals surface area contributed by atoms with Crippen molar-refractivity contribution < 1.29 is 17.9 Å². The molecule has 1 saturated heterocycles. The van der Waals surface area contributed by atoms with Crippen molar-refractivity contribution >= 4 is 33.2 Å². The number of ether oxygens (including phenoxy) is 1. The quantitative estimate of drug-likeness (QED) is 0.663. The SMILES string of the molecule is CC[C@H](Oc1cccc(Cl)c1)C(=O)Nc1ccc(S(=O)(=O)N2CCCCCC2)cc1. The van der Waals surface area contributed by atoms with Crippen LogP contribution >= 0.6 is 11.6 Å². The van der Waals surface area contributed by atoms with Gasteiger partial charge < -0.3 is 10.1 Å². The van der Waals surface area contributed by atoms with Crippen LogP contribution in [-0.2, 0) is 14.8 Å². The minimum absolute atomic E-state index is 0.240. The zero-order valence-corrected chi connectivity index (χ0v) is 18.6. The third-order valence-electron chi connectivity index (χ3n) is 5.06. The fraction of sp³-hybridized carbons (Fsp3) is 0.409. The Bertz CT molecular complexity index is 955. The van der Waals surface area contributed by atoms with Gasteiger partial charge in [-0.15, -0.1) is 0 Å². The summed E-state index contributed by atoms with van der Waals surface area (Å²) in [6, 6.07) is 13.2. The summed E-state index contributed by atoms with van der Waals surface area (Å²) in [5.41, 5.74) is 0.517. The second-order valence-electron chi connectivity index (χ2n) is 7.30. The number of sulfonamides is 1. The molecule has 1 atom stereocenters. The Hall–Kier alpha value is -2.09. The van der Waals surface area contributed by atoms with E-state index in [0.717, 1.165) is 25.7 Å². The molecule has 0 aliphatic carbocycles. The topological polar surface area (TPSA) is 75.7 Å². The van der Waals surface area contributed by atoms with Crippen LogP contribution in [0.2, 0.25) is 5.02 Å². The number of rotatable bonds is 7. The molecule has 1 N–H and O–H groups in total. The molecule has 2 aromatic rings. The fourth-order valence-electron chi connectivity index (χ4n) is 3.39. The van der Waals surface area contributed by atoms with E-state index in [1.807, 2.05) is 6.92 Å². The number of nitrogens with zero attached hydrogens (tertiary/aromatic N) is 1. The minimum atomic E-state index is -3.51. The fourth-order valence-corrected chi connectivity index (χ4v) is 5.09. The Morgan fingerprint density at radius 3 is 2.37 bits per heavy atom. The third kappa shape index (κ3) is 5.74. The zero-order valence-electron chi connectivity index (χ0n) is 17.0. The van der Waals surface area contributed by atoms with Crippen molar-refractivity contribution in [2.45, 2.75) is 50.0 Å². The number of benzene rings is 2. The van der Waals surface area contributed by atoms with Crippen LogP contribution in [0.4, 0.5) is 5.69 Å². The molecule has 0 unspecified atom stereocenters. The number of hydrogen-bond donors (Lipinski definition) is 1. The molecule has 0 saturated carbocycles. The standard InChI is InChI=1S/C22H27ClN2O4S/c1-2-21(29-19-9-7-8-17(23)16-19)22(26)24-18-10-12-20(13-11-18)30(27,28)25-14-5-3-4-6-15-25/h7-13,16,21H,2-6,14-15H2,1H3,(H,24,26)/t21-/m0/s1. The van der Waals surface area contributed by atoms with E-state index >= 15 is 0 Å². The number of carbonyl (C=O) groups is 1. The molecule has 0 bridgehead atoms. The molecular weight excluding hydrogens is 424 g/mol. The lowest BCUT2D eigenvalue weighted by molar-refractivity contribution is -0.122. The summed E-state index contributed by atoms with van der Waals surface area (Å²) in [5, 5.41) is 3.32. The van der Waals surface area contributed by atoms with Gasteiger partial charge in [0, 0.05) is 23.8 Å². The maximum absolute atomic E-state index is 12.9. The molecule has 1 aliphatic heterocycles. The predicted molar refractivity (Wildman–Crippen MR) is 118 cm³/mol. The molecule has 1 fully saturated rings. The summed E-state index contributed by atoms with van der Waals surface area (Å²) in [6.07, 6.45) is 3.68. The van der Waals surface area contributed by atoms with Crippen molar-refractivity contribution in [3.8, 4) is 5.75 Å². The first-order valence-corrected chi connectivity index (χ1v) is 12.1. The van der Waals surface area contributed by atoms with Gasteiger partial charge in [0.25, 0.3) is 5.91 Å². The van der Waals surface area contributed by atoms with Crippen molar-refractivity contribution in [2.75, 3.05) is 18.4 Å². The number of anilines is 1. The van der Waals surface area contributed by atoms with E-state index in [2.05, 4.69) is 5.32 Å². The highest BCUT2D eigenvalue weighted by Crippen LogP contribution is 2.23. The Kier molecular flexibility index (Phi) is 7.75. The van der Waals surface area contributed by atoms with Gasteiger partial charge in [-0.25, -0.2) is 8.42 Å². The van der Waals surface area contributed by atoms with Gasteiger partial charge >= 0.3 is 0 Å². The number of nitrogens with one attached hydrogen (secondary N) is 1. The number of halogens is 1. The average molecular weight is 451 g/mol. The maximum Gasteiger partial charge on any atom is 0.265 e. The highest BCUT2D eigenvalue weighted by atomic mass is 35.5. The van der Waals surface area contributed by atoms with Gasteiger partial charge in [-0.05, 0) is 61.7 Å². The van der Waals surface area contributed by atoms with Gasteiger partial charge in [-0.2, -0.15) is 4.31 Å². The minimum Gasteiger partial charge on any atom is -0.481 e. The second kappa shape index (κ2) is 10.3. The molecule has 2 aromatic carbocycles. The molecule has 30 heavy (non-hydrogen) atoms. The van der Waals surface area contributed by atoms with Gasteiger partial charge in [0.15, 0.2) is 6.10 Å². The first-order valence-electron chi connectivity index (χ1n) is 10.2. The van der Waals surface area contributed by atoms with Crippen LogP contribution in [0.5, 0.6) is 5.75 Å². The molecule has 0 radical (unpaired) electrons. The normalized spacial score (nSPS) is 16.5. The molecule has 162 valence electrons. The molecule has 0 aromatic heterocycles. The van der Waals surface area contributed by atoms with Gasteiger partial charge in [0.05, 0.1) is 4.90 Å². The van der Waals surface area contributed by atoms with Gasteiger partial charge in [-0.1, -0.05) is 37.4 Å². The van der Waals surface area contributed by atoms with E-state index < -0.39 is 16.1 Å². The van der Waals surface area contributed by atoms with E-state index in [0.29, 0.717) is 36.0 Å². The van der Waals surface area contributed by atoms with Crippen molar-refractivity contribution in [1.82, 2.24) is 4.31 Å². The molecule has 6 nitrogen and oxygen atoms in total. The van der Waals surface area contributed by atoms with E-state index in [1.165, 1.54) is 12.1 Å². The summed E-state index contributed by atoms with van der Waals surface area (Å²) in [4.78, 5) is 12.8. The van der Waals surface area contributed by atoms with Gasteiger partial charge in [0.2, 0.25) is 10.0 Å². The molecular formula is C22H27ClN2O4S. The Balaban J connectivity index is 1.66. The van der Waals surface area contributed by atoms with Crippen LogP contribution in [0.3, 0.4) is 0 Å². The maximum atomic E-state index is 12.9. The first-order chi connectivity index (χ1) is 14.4. The highest BCUT2D eigenvalue weighted by Gasteiger charge is 2.25. The third-order valence-corrected chi connectivity index (χ3v) is 7.21. The first kappa shape index (κ1) is 22.6. The van der Waals surface area contributed by atoms with Crippen molar-refractivity contribution in [2.24, 2.45) is 0 Å². The van der Waals surface area contributed by atoms with Crippen LogP contribution in [0.15, 0.2) is 53.4 Å². The monoisotopic (exact) mass is 450 g/mol. The van der Waals surface area contributed by atoms with Gasteiger partial charge in [-0.3, -0.25) is 4.79 Å². The van der Waals surface area contributed by atoms with Crippen molar-refractivity contribution in [1.29, 1.82) is 0 Å². The molecule has 3 rings (SSSR count). The lowest BCUT2D eigenvalue weighted by Gasteiger charge is -2.20. The number of carbonyl (C=O) groups excluding carboxylic acids is 1. The molecule has 1 heterocycles. The average Bonchev–Trinajstić information content (AvgIpc) is 3.02. The predicted octanol–water partition coefficient (Wildman–Crippen LogP) is 4.70. The van der Waals surface area contributed by atoms with Crippen LogP contribution in [0.1, 0.15) is 39.0 Å². The lowest BCUT2D eigenvalue weighted by Crippen LogP contribution is -2.32. The number of amides is 1. The smallest absolute Gasteiger partial charge is 0.265 e. The second-order valence-corrected chi connectivity index (χ2v) is 9.68. The van der Waals surface area contributed by atoms with Crippen LogP contribution in [-0.4, -0.2) is 37.8 Å². The Labute approximate surface area is 183 Å². The lowest BCUT2D eigenvalue weighted by atomic mass is 10.2. The summed E-state index contributed by atoms with van der Waals surface area (Å²) < 4.78 is 33.0. The van der Waals surface area contributed by atoms with Crippen LogP contribution in [0.25, 0.3) is 0 Å². The summed E-state index contributed by atoms with van der Waals surface area (Å²) >= 11 is 5.96. The highest BCUT2D eigenvalue weighted by molar-refractivity contribution is 7.89. The van der Waals surface area contributed by atoms with E-state index in [1.54, 1.807) is 40.7 Å². The van der Waals surface area contributed by atoms with Crippen LogP contribution < -0.4 is 10.1 Å². The largest absolute Gasteiger partial charge is 0.481 e. The molecule has 1 amide bonds. The van der Waals surface area contributed by atoms with Gasteiger partial charge in [0.1, 0.15) is 5.75 Å². The molecule has 8 heteroatoms. The van der Waals surface area contributed by atoms with Crippen molar-refractivity contribution in [3.63, 3.8) is 0 Å². The Morgan fingerprint density at radius 1 is 1.10 bits per heavy atom. The molecule has 0 spiro atoms. The summed E-state index contributed by atoms with van der Waals surface area (Å²) in [5.74, 6) is 0.212. The summed E-state index contributed by atoms with van der Waals surface area (Å²) in [6.45, 7) is 2.96. The molecule has 1 aliphatic rings. The summed E-state index contributed by atoms with van der Waals surface area (Å²) in [7, 11) is -3.51. The van der Waals surface area contributed by atoms with E-state index in [-0.39, 0.29) is 10.8 Å². The van der Waals surface area contributed by atoms with Crippen molar-refractivity contribution in [3.05, 3.63) is 53.6 Å². The van der Waals surface area contributed by atoms with E-state index in [4.69, 9.17) is 16.3 Å². The number of hydrogen-bond acceptors (Lipinski definition) is 4. The van der Waals surface area contributed by atoms with E-state index in [9.17, 15) is 13.2 Å². The van der Waals surface area contributed by atoms with Crippen LogP contribution in [0, 0.1) is 0 Å². The Morgan fingerprint density at radius 2 is 1.77 bits per heavy atom. The zero-order chi connectivity index (χ0) is 21.6.